The van der Waals surface area contributed by atoms with E-state index in [1.54, 1.807) is 24.4 Å². The standard InChI is InChI=1S/C19H18FN5O/c20-16-7-2-1-5-14(16)8-11-22-19-23-12-9-17(25-19)18(26)24-13-15-6-3-4-10-21-15/h1-7,9-10,12H,8,11,13H2,(H,24,26)(H,22,23,25). The number of halogens is 1. The maximum absolute atomic E-state index is 13.6. The predicted molar refractivity (Wildman–Crippen MR) is 96.0 cm³/mol. The molecule has 3 rings (SSSR count). The van der Waals surface area contributed by atoms with E-state index in [-0.39, 0.29) is 17.4 Å². The SMILES string of the molecule is O=C(NCc1ccccn1)c1ccnc(NCCc2ccccc2F)n1. The summed E-state index contributed by atoms with van der Waals surface area (Å²) in [7, 11) is 0. The van der Waals surface area contributed by atoms with Gasteiger partial charge in [-0.05, 0) is 36.2 Å². The van der Waals surface area contributed by atoms with Gasteiger partial charge in [0.05, 0.1) is 12.2 Å². The number of carbonyl (C=O) groups is 1. The summed E-state index contributed by atoms with van der Waals surface area (Å²) < 4.78 is 13.6. The molecule has 2 aromatic heterocycles. The summed E-state index contributed by atoms with van der Waals surface area (Å²) in [6.07, 6.45) is 3.67. The molecule has 7 heteroatoms. The highest BCUT2D eigenvalue weighted by Crippen LogP contribution is 2.08. The van der Waals surface area contributed by atoms with E-state index in [1.165, 1.54) is 18.3 Å². The van der Waals surface area contributed by atoms with Gasteiger partial charge in [-0.2, -0.15) is 0 Å². The third-order valence-corrected chi connectivity index (χ3v) is 3.68. The zero-order chi connectivity index (χ0) is 18.2. The van der Waals surface area contributed by atoms with Crippen molar-refractivity contribution in [3.8, 4) is 0 Å². The van der Waals surface area contributed by atoms with Crippen molar-refractivity contribution in [2.75, 3.05) is 11.9 Å². The molecule has 26 heavy (non-hydrogen) atoms. The smallest absolute Gasteiger partial charge is 0.270 e. The lowest BCUT2D eigenvalue weighted by molar-refractivity contribution is 0.0945. The van der Waals surface area contributed by atoms with E-state index in [4.69, 9.17) is 0 Å². The van der Waals surface area contributed by atoms with Gasteiger partial charge in [-0.3, -0.25) is 9.78 Å². The molecule has 0 aliphatic rings. The Hall–Kier alpha value is -3.35. The zero-order valence-electron chi connectivity index (χ0n) is 14.0. The molecule has 2 heterocycles. The first-order valence-electron chi connectivity index (χ1n) is 8.21. The van der Waals surface area contributed by atoms with Gasteiger partial charge in [-0.1, -0.05) is 24.3 Å². The van der Waals surface area contributed by atoms with Gasteiger partial charge in [0.2, 0.25) is 5.95 Å². The number of pyridine rings is 1. The van der Waals surface area contributed by atoms with E-state index in [0.717, 1.165) is 5.69 Å². The molecule has 2 N–H and O–H groups in total. The van der Waals surface area contributed by atoms with Gasteiger partial charge in [0.25, 0.3) is 5.91 Å². The van der Waals surface area contributed by atoms with Crippen molar-refractivity contribution in [1.29, 1.82) is 0 Å². The number of carbonyl (C=O) groups excluding carboxylic acids is 1. The quantitative estimate of drug-likeness (QED) is 0.684. The molecular weight excluding hydrogens is 333 g/mol. The van der Waals surface area contributed by atoms with E-state index in [0.29, 0.717) is 31.0 Å². The number of nitrogens with zero attached hydrogens (tertiary/aromatic N) is 3. The lowest BCUT2D eigenvalue weighted by Gasteiger charge is -2.08. The van der Waals surface area contributed by atoms with Crippen LogP contribution in [0.25, 0.3) is 0 Å². The van der Waals surface area contributed by atoms with Crippen LogP contribution in [0.5, 0.6) is 0 Å². The Morgan fingerprint density at radius 1 is 1.00 bits per heavy atom. The summed E-state index contributed by atoms with van der Waals surface area (Å²) in [5, 5.41) is 5.77. The van der Waals surface area contributed by atoms with E-state index in [9.17, 15) is 9.18 Å². The third-order valence-electron chi connectivity index (χ3n) is 3.68. The minimum atomic E-state index is -0.310. The van der Waals surface area contributed by atoms with E-state index < -0.39 is 0 Å². The van der Waals surface area contributed by atoms with Crippen LogP contribution in [-0.2, 0) is 13.0 Å². The average molecular weight is 351 g/mol. The summed E-state index contributed by atoms with van der Waals surface area (Å²) in [5.41, 5.74) is 1.63. The number of nitrogens with one attached hydrogen (secondary N) is 2. The second-order valence-corrected chi connectivity index (χ2v) is 5.54. The fourth-order valence-electron chi connectivity index (χ4n) is 2.34. The minimum Gasteiger partial charge on any atom is -0.354 e. The molecule has 3 aromatic rings. The number of aromatic nitrogens is 3. The van der Waals surface area contributed by atoms with Gasteiger partial charge in [0.1, 0.15) is 11.5 Å². The first kappa shape index (κ1) is 17.5. The molecule has 0 unspecified atom stereocenters. The van der Waals surface area contributed by atoms with Gasteiger partial charge in [0, 0.05) is 18.9 Å². The van der Waals surface area contributed by atoms with Gasteiger partial charge in [-0.15, -0.1) is 0 Å². The Balaban J connectivity index is 1.54. The molecule has 0 bridgehead atoms. The first-order valence-corrected chi connectivity index (χ1v) is 8.21. The monoisotopic (exact) mass is 351 g/mol. The highest BCUT2D eigenvalue weighted by atomic mass is 19.1. The molecule has 132 valence electrons. The maximum Gasteiger partial charge on any atom is 0.270 e. The Kier molecular flexibility index (Phi) is 5.82. The van der Waals surface area contributed by atoms with Crippen LogP contribution in [-0.4, -0.2) is 27.4 Å². The number of amides is 1. The molecular formula is C19H18FN5O. The van der Waals surface area contributed by atoms with Crippen molar-refractivity contribution in [2.24, 2.45) is 0 Å². The Morgan fingerprint density at radius 2 is 1.85 bits per heavy atom. The molecule has 1 amide bonds. The van der Waals surface area contributed by atoms with Gasteiger partial charge in [0.15, 0.2) is 0 Å². The fraction of sp³-hybridized carbons (Fsp3) is 0.158. The van der Waals surface area contributed by atoms with Gasteiger partial charge >= 0.3 is 0 Å². The second-order valence-electron chi connectivity index (χ2n) is 5.54. The largest absolute Gasteiger partial charge is 0.354 e. The van der Waals surface area contributed by atoms with Crippen LogP contribution in [0.1, 0.15) is 21.7 Å². The van der Waals surface area contributed by atoms with E-state index >= 15 is 0 Å². The summed E-state index contributed by atoms with van der Waals surface area (Å²) in [5.74, 6) is -0.222. The van der Waals surface area contributed by atoms with Crippen LogP contribution in [0, 0.1) is 5.82 Å². The number of hydrogen-bond acceptors (Lipinski definition) is 5. The maximum atomic E-state index is 13.6. The molecule has 0 saturated heterocycles. The Morgan fingerprint density at radius 3 is 2.65 bits per heavy atom. The molecule has 0 saturated carbocycles. The molecule has 6 nitrogen and oxygen atoms in total. The van der Waals surface area contributed by atoms with E-state index in [2.05, 4.69) is 25.6 Å². The predicted octanol–water partition coefficient (Wildman–Crippen LogP) is 2.60. The van der Waals surface area contributed by atoms with Crippen LogP contribution >= 0.6 is 0 Å². The molecule has 0 atom stereocenters. The first-order chi connectivity index (χ1) is 12.7. The summed E-state index contributed by atoms with van der Waals surface area (Å²) in [4.78, 5) is 24.6. The van der Waals surface area contributed by atoms with Crippen LogP contribution in [0.15, 0.2) is 60.9 Å². The highest BCUT2D eigenvalue weighted by molar-refractivity contribution is 5.92. The molecule has 0 aliphatic heterocycles. The average Bonchev–Trinajstić information content (AvgIpc) is 2.69. The van der Waals surface area contributed by atoms with Crippen molar-refractivity contribution in [2.45, 2.75) is 13.0 Å². The van der Waals surface area contributed by atoms with Crippen LogP contribution in [0.2, 0.25) is 0 Å². The fourth-order valence-corrected chi connectivity index (χ4v) is 2.34. The molecule has 0 aliphatic carbocycles. The van der Waals surface area contributed by atoms with Crippen molar-refractivity contribution >= 4 is 11.9 Å². The Bertz CT molecular complexity index is 873. The van der Waals surface area contributed by atoms with Crippen molar-refractivity contribution in [3.63, 3.8) is 0 Å². The topological polar surface area (TPSA) is 79.8 Å². The number of hydrogen-bond donors (Lipinski definition) is 2. The molecule has 1 aromatic carbocycles. The van der Waals surface area contributed by atoms with Crippen molar-refractivity contribution in [1.82, 2.24) is 20.3 Å². The minimum absolute atomic E-state index is 0.238. The zero-order valence-corrected chi connectivity index (χ0v) is 14.0. The third kappa shape index (κ3) is 4.83. The lowest BCUT2D eigenvalue weighted by atomic mass is 10.1. The van der Waals surface area contributed by atoms with Crippen LogP contribution < -0.4 is 10.6 Å². The summed E-state index contributed by atoms with van der Waals surface area (Å²) in [6.45, 7) is 0.777. The summed E-state index contributed by atoms with van der Waals surface area (Å²) in [6, 6.07) is 13.7. The lowest BCUT2D eigenvalue weighted by Crippen LogP contribution is -2.24. The molecule has 0 fully saturated rings. The molecule has 0 spiro atoms. The van der Waals surface area contributed by atoms with Crippen molar-refractivity contribution < 1.29 is 9.18 Å². The number of rotatable bonds is 7. The van der Waals surface area contributed by atoms with Gasteiger partial charge < -0.3 is 10.6 Å². The number of benzene rings is 1. The van der Waals surface area contributed by atoms with E-state index in [1.807, 2.05) is 18.2 Å². The molecule has 0 radical (unpaired) electrons. The normalized spacial score (nSPS) is 10.3. The summed E-state index contributed by atoms with van der Waals surface area (Å²) >= 11 is 0. The van der Waals surface area contributed by atoms with Crippen LogP contribution in [0.3, 0.4) is 0 Å². The highest BCUT2D eigenvalue weighted by Gasteiger charge is 2.09. The van der Waals surface area contributed by atoms with Crippen molar-refractivity contribution in [3.05, 3.63) is 83.7 Å². The Labute approximate surface area is 150 Å². The van der Waals surface area contributed by atoms with Crippen LogP contribution in [0.4, 0.5) is 10.3 Å². The van der Waals surface area contributed by atoms with Gasteiger partial charge in [-0.25, -0.2) is 14.4 Å². The second kappa shape index (κ2) is 8.66. The number of anilines is 1.